The van der Waals surface area contributed by atoms with E-state index in [1.807, 2.05) is 36.4 Å². The van der Waals surface area contributed by atoms with E-state index in [2.05, 4.69) is 5.32 Å². The number of primary sulfonamides is 1. The van der Waals surface area contributed by atoms with Crippen molar-refractivity contribution in [2.75, 3.05) is 0 Å². The summed E-state index contributed by atoms with van der Waals surface area (Å²) >= 11 is 0. The van der Waals surface area contributed by atoms with Gasteiger partial charge in [0.1, 0.15) is 5.84 Å². The Morgan fingerprint density at radius 1 is 0.903 bits per heavy atom. The highest BCUT2D eigenvalue weighted by atomic mass is 35.5. The average molecular weight is 459 g/mol. The molecule has 0 saturated heterocycles. The molecule has 31 heavy (non-hydrogen) atoms. The van der Waals surface area contributed by atoms with Crippen LogP contribution < -0.4 is 16.2 Å². The number of amidine groups is 1. The number of hydrogen-bond acceptors (Lipinski definition) is 4. The zero-order valence-corrected chi connectivity index (χ0v) is 18.2. The normalized spacial score (nSPS) is 10.7. The Morgan fingerprint density at radius 2 is 1.55 bits per heavy atom. The number of nitrogens with two attached hydrogens (primary N) is 2. The zero-order valence-electron chi connectivity index (χ0n) is 16.5. The van der Waals surface area contributed by atoms with Crippen LogP contribution in [0.5, 0.6) is 0 Å². The molecule has 0 saturated carbocycles. The topological polar surface area (TPSA) is 139 Å². The number of carbonyl (C=O) groups excluding carboxylic acids is 1. The third-order valence-corrected chi connectivity index (χ3v) is 5.49. The third-order valence-electron chi connectivity index (χ3n) is 4.56. The van der Waals surface area contributed by atoms with Gasteiger partial charge in [-0.15, -0.1) is 12.4 Å². The van der Waals surface area contributed by atoms with Crippen LogP contribution in [0.3, 0.4) is 0 Å². The minimum atomic E-state index is -3.73. The van der Waals surface area contributed by atoms with Gasteiger partial charge in [0.2, 0.25) is 15.9 Å². The molecule has 0 unspecified atom stereocenters. The molecule has 1 amide bonds. The van der Waals surface area contributed by atoms with Crippen molar-refractivity contribution in [3.8, 4) is 11.1 Å². The number of carbonyl (C=O) groups is 1. The van der Waals surface area contributed by atoms with E-state index in [1.54, 1.807) is 24.3 Å². The SMILES string of the molecule is Cl.N=C(N)c1ccc(CNC(=O)Cc2cccc(-c3ccc(S(N)(=O)=O)cc3)c2)cc1. The lowest BCUT2D eigenvalue weighted by Crippen LogP contribution is -2.24. The Kier molecular flexibility index (Phi) is 7.93. The highest BCUT2D eigenvalue weighted by molar-refractivity contribution is 7.89. The summed E-state index contributed by atoms with van der Waals surface area (Å²) in [6, 6.07) is 20.9. The van der Waals surface area contributed by atoms with Gasteiger partial charge in [0.05, 0.1) is 11.3 Å². The van der Waals surface area contributed by atoms with Gasteiger partial charge in [-0.1, -0.05) is 60.7 Å². The summed E-state index contributed by atoms with van der Waals surface area (Å²) in [5.74, 6) is -0.114. The van der Waals surface area contributed by atoms with Crippen molar-refractivity contribution in [3.63, 3.8) is 0 Å². The molecule has 0 fully saturated rings. The Bertz CT molecular complexity index is 1180. The van der Waals surface area contributed by atoms with Gasteiger partial charge in [0.25, 0.3) is 0 Å². The third kappa shape index (κ3) is 6.65. The number of hydrogen-bond donors (Lipinski definition) is 4. The van der Waals surface area contributed by atoms with Gasteiger partial charge in [-0.2, -0.15) is 0 Å². The van der Waals surface area contributed by atoms with Crippen LogP contribution >= 0.6 is 12.4 Å². The summed E-state index contributed by atoms with van der Waals surface area (Å²) in [6.45, 7) is 0.381. The summed E-state index contributed by atoms with van der Waals surface area (Å²) in [7, 11) is -3.73. The molecule has 0 spiro atoms. The number of sulfonamides is 1. The fraction of sp³-hybridized carbons (Fsp3) is 0.0909. The molecule has 0 heterocycles. The molecule has 0 radical (unpaired) electrons. The van der Waals surface area contributed by atoms with E-state index in [-0.39, 0.29) is 35.5 Å². The van der Waals surface area contributed by atoms with E-state index in [0.29, 0.717) is 12.1 Å². The Morgan fingerprint density at radius 3 is 2.13 bits per heavy atom. The summed E-state index contributed by atoms with van der Waals surface area (Å²) in [5.41, 5.74) is 9.53. The first-order valence-electron chi connectivity index (χ1n) is 9.14. The molecule has 0 aliphatic carbocycles. The van der Waals surface area contributed by atoms with Gasteiger partial charge in [-0.3, -0.25) is 10.2 Å². The van der Waals surface area contributed by atoms with Crippen molar-refractivity contribution in [3.05, 3.63) is 89.5 Å². The molecular formula is C22H23ClN4O3S. The Hall–Kier alpha value is -3.20. The summed E-state index contributed by atoms with van der Waals surface area (Å²) in [5, 5.41) is 15.4. The van der Waals surface area contributed by atoms with Gasteiger partial charge in [-0.05, 0) is 34.4 Å². The fourth-order valence-electron chi connectivity index (χ4n) is 2.95. The van der Waals surface area contributed by atoms with Crippen molar-refractivity contribution in [2.45, 2.75) is 17.9 Å². The highest BCUT2D eigenvalue weighted by Gasteiger charge is 2.09. The summed E-state index contributed by atoms with van der Waals surface area (Å²) in [4.78, 5) is 12.4. The molecule has 3 aromatic rings. The number of nitrogen functional groups attached to an aromatic ring is 1. The van der Waals surface area contributed by atoms with Crippen LogP contribution in [0.1, 0.15) is 16.7 Å². The lowest BCUT2D eigenvalue weighted by atomic mass is 10.0. The van der Waals surface area contributed by atoms with Crippen molar-refractivity contribution < 1.29 is 13.2 Å². The van der Waals surface area contributed by atoms with Crippen LogP contribution in [0, 0.1) is 5.41 Å². The van der Waals surface area contributed by atoms with Crippen LogP contribution in [0.25, 0.3) is 11.1 Å². The van der Waals surface area contributed by atoms with Gasteiger partial charge >= 0.3 is 0 Å². The maximum absolute atomic E-state index is 12.3. The lowest BCUT2D eigenvalue weighted by Gasteiger charge is -2.08. The van der Waals surface area contributed by atoms with Crippen molar-refractivity contribution in [1.82, 2.24) is 5.32 Å². The van der Waals surface area contributed by atoms with E-state index < -0.39 is 10.0 Å². The molecular weight excluding hydrogens is 436 g/mol. The fourth-order valence-corrected chi connectivity index (χ4v) is 3.46. The second kappa shape index (κ2) is 10.2. The van der Waals surface area contributed by atoms with Crippen LogP contribution in [-0.4, -0.2) is 20.2 Å². The Balaban J connectivity index is 0.00000341. The molecule has 9 heteroatoms. The highest BCUT2D eigenvalue weighted by Crippen LogP contribution is 2.22. The van der Waals surface area contributed by atoms with Gasteiger partial charge in [0, 0.05) is 12.1 Å². The van der Waals surface area contributed by atoms with Crippen molar-refractivity contribution in [2.24, 2.45) is 10.9 Å². The van der Waals surface area contributed by atoms with Gasteiger partial charge in [0.15, 0.2) is 0 Å². The summed E-state index contributed by atoms with van der Waals surface area (Å²) < 4.78 is 22.8. The molecule has 0 aliphatic rings. The van der Waals surface area contributed by atoms with E-state index in [0.717, 1.165) is 22.3 Å². The van der Waals surface area contributed by atoms with Crippen LogP contribution in [0.15, 0.2) is 77.7 Å². The second-order valence-electron chi connectivity index (χ2n) is 6.83. The van der Waals surface area contributed by atoms with Gasteiger partial charge in [-0.25, -0.2) is 13.6 Å². The van der Waals surface area contributed by atoms with Crippen molar-refractivity contribution in [1.29, 1.82) is 5.41 Å². The number of benzene rings is 3. The van der Waals surface area contributed by atoms with E-state index in [1.165, 1.54) is 12.1 Å². The summed E-state index contributed by atoms with van der Waals surface area (Å²) in [6.07, 6.45) is 0.217. The lowest BCUT2D eigenvalue weighted by molar-refractivity contribution is -0.120. The predicted octanol–water partition coefficient (Wildman–Crippen LogP) is 2.57. The van der Waals surface area contributed by atoms with Crippen LogP contribution in [0.4, 0.5) is 0 Å². The molecule has 0 bridgehead atoms. The molecule has 0 aliphatic heterocycles. The minimum Gasteiger partial charge on any atom is -0.384 e. The molecule has 6 N–H and O–H groups in total. The molecule has 162 valence electrons. The number of amides is 1. The molecule has 0 atom stereocenters. The van der Waals surface area contributed by atoms with Crippen LogP contribution in [0.2, 0.25) is 0 Å². The number of halogens is 1. The quantitative estimate of drug-likeness (QED) is 0.319. The first-order valence-corrected chi connectivity index (χ1v) is 10.7. The smallest absolute Gasteiger partial charge is 0.238 e. The number of rotatable bonds is 7. The predicted molar refractivity (Wildman–Crippen MR) is 124 cm³/mol. The minimum absolute atomic E-state index is 0. The molecule has 3 aromatic carbocycles. The van der Waals surface area contributed by atoms with Crippen LogP contribution in [-0.2, 0) is 27.8 Å². The second-order valence-corrected chi connectivity index (χ2v) is 8.40. The first-order chi connectivity index (χ1) is 14.2. The average Bonchev–Trinajstić information content (AvgIpc) is 2.72. The van der Waals surface area contributed by atoms with E-state index in [9.17, 15) is 13.2 Å². The standard InChI is InChI=1S/C22H22N4O3S.ClH/c23-22(24)18-6-4-15(5-7-18)14-26-21(27)13-16-2-1-3-19(12-16)17-8-10-20(11-9-17)30(25,28)29;/h1-12H,13-14H2,(H3,23,24)(H,26,27)(H2,25,28,29);1H. The molecule has 3 rings (SSSR count). The zero-order chi connectivity index (χ0) is 21.7. The maximum Gasteiger partial charge on any atom is 0.238 e. The Labute approximate surface area is 187 Å². The first kappa shape index (κ1) is 24.1. The maximum atomic E-state index is 12.3. The van der Waals surface area contributed by atoms with E-state index >= 15 is 0 Å². The van der Waals surface area contributed by atoms with Crippen molar-refractivity contribution >= 4 is 34.2 Å². The molecule has 0 aromatic heterocycles. The largest absolute Gasteiger partial charge is 0.384 e. The monoisotopic (exact) mass is 458 g/mol. The number of nitrogens with one attached hydrogen (secondary N) is 2. The van der Waals surface area contributed by atoms with Gasteiger partial charge < -0.3 is 11.1 Å². The molecule has 7 nitrogen and oxygen atoms in total. The van der Waals surface area contributed by atoms with E-state index in [4.69, 9.17) is 16.3 Å².